The van der Waals surface area contributed by atoms with Gasteiger partial charge in [0.15, 0.2) is 0 Å². The molecule has 0 radical (unpaired) electrons. The van der Waals surface area contributed by atoms with Crippen LogP contribution in [0.1, 0.15) is 44.0 Å². The van der Waals surface area contributed by atoms with E-state index in [0.717, 1.165) is 53.3 Å². The Kier molecular flexibility index (Phi) is 6.83. The van der Waals surface area contributed by atoms with Gasteiger partial charge in [-0.3, -0.25) is 4.79 Å². The highest BCUT2D eigenvalue weighted by atomic mass is 16.5. The molecule has 2 aromatic rings. The lowest BCUT2D eigenvalue weighted by molar-refractivity contribution is -0.118. The Morgan fingerprint density at radius 3 is 2.74 bits per heavy atom. The van der Waals surface area contributed by atoms with E-state index in [1.165, 1.54) is 12.8 Å². The van der Waals surface area contributed by atoms with E-state index < -0.39 is 0 Å². The van der Waals surface area contributed by atoms with E-state index in [2.05, 4.69) is 20.6 Å². The van der Waals surface area contributed by atoms with Crippen molar-refractivity contribution in [3.8, 4) is 16.9 Å². The maximum absolute atomic E-state index is 12.6. The zero-order valence-electron chi connectivity index (χ0n) is 18.6. The molecule has 1 saturated heterocycles. The van der Waals surface area contributed by atoms with E-state index in [1.54, 1.807) is 6.33 Å². The molecule has 1 saturated carbocycles. The van der Waals surface area contributed by atoms with Gasteiger partial charge in [-0.2, -0.15) is 0 Å². The van der Waals surface area contributed by atoms with Crippen molar-refractivity contribution in [2.45, 2.75) is 58.6 Å². The zero-order valence-corrected chi connectivity index (χ0v) is 18.6. The SMILES string of the molecule is CCOC1CC1C(=O)Nc1ccc(OC[C@H]2CCCCN2)c(-c2c(C)ncnc2C)c1. The van der Waals surface area contributed by atoms with E-state index in [1.807, 2.05) is 39.0 Å². The molecule has 7 nitrogen and oxygen atoms in total. The van der Waals surface area contributed by atoms with Crippen molar-refractivity contribution in [3.63, 3.8) is 0 Å². The van der Waals surface area contributed by atoms with Gasteiger partial charge >= 0.3 is 0 Å². The zero-order chi connectivity index (χ0) is 21.8. The third-order valence-electron chi connectivity index (χ3n) is 6.04. The number of anilines is 1. The summed E-state index contributed by atoms with van der Waals surface area (Å²) < 4.78 is 11.8. The molecule has 1 aromatic heterocycles. The third-order valence-corrected chi connectivity index (χ3v) is 6.04. The number of benzene rings is 1. The van der Waals surface area contributed by atoms with E-state index in [0.29, 0.717) is 19.3 Å². The van der Waals surface area contributed by atoms with Crippen LogP contribution < -0.4 is 15.4 Å². The monoisotopic (exact) mass is 424 g/mol. The molecule has 1 aromatic carbocycles. The molecule has 3 atom stereocenters. The molecule has 2 aliphatic rings. The number of ether oxygens (including phenoxy) is 2. The molecule has 166 valence electrons. The Balaban J connectivity index is 1.56. The summed E-state index contributed by atoms with van der Waals surface area (Å²) in [5, 5.41) is 6.57. The fourth-order valence-electron chi connectivity index (χ4n) is 4.25. The van der Waals surface area contributed by atoms with Crippen LogP contribution >= 0.6 is 0 Å². The lowest BCUT2D eigenvalue weighted by Crippen LogP contribution is -2.38. The maximum Gasteiger partial charge on any atom is 0.230 e. The number of aryl methyl sites for hydroxylation is 2. The number of carbonyl (C=O) groups excluding carboxylic acids is 1. The van der Waals surface area contributed by atoms with Crippen LogP contribution in [0.25, 0.3) is 11.1 Å². The molecule has 4 rings (SSSR count). The molecule has 1 amide bonds. The van der Waals surface area contributed by atoms with E-state index >= 15 is 0 Å². The van der Waals surface area contributed by atoms with Crippen molar-refractivity contribution < 1.29 is 14.3 Å². The summed E-state index contributed by atoms with van der Waals surface area (Å²) in [5.74, 6) is 0.715. The van der Waals surface area contributed by atoms with Gasteiger partial charge in [-0.05, 0) is 64.8 Å². The first-order chi connectivity index (χ1) is 15.1. The second kappa shape index (κ2) is 9.75. The number of amides is 1. The third kappa shape index (κ3) is 5.22. The first-order valence-electron chi connectivity index (χ1n) is 11.3. The predicted molar refractivity (Wildman–Crippen MR) is 120 cm³/mol. The van der Waals surface area contributed by atoms with Gasteiger partial charge < -0.3 is 20.1 Å². The highest BCUT2D eigenvalue weighted by Crippen LogP contribution is 2.38. The molecule has 0 spiro atoms. The molecule has 2 unspecified atom stereocenters. The minimum Gasteiger partial charge on any atom is -0.491 e. The van der Waals surface area contributed by atoms with Crippen LogP contribution in [0.15, 0.2) is 24.5 Å². The molecule has 0 bridgehead atoms. The fraction of sp³-hybridized carbons (Fsp3) is 0.542. The smallest absolute Gasteiger partial charge is 0.230 e. The van der Waals surface area contributed by atoms with Crippen molar-refractivity contribution in [2.75, 3.05) is 25.1 Å². The van der Waals surface area contributed by atoms with Crippen molar-refractivity contribution in [1.82, 2.24) is 15.3 Å². The minimum absolute atomic E-state index is 0.00206. The van der Waals surface area contributed by atoms with E-state index in [-0.39, 0.29) is 17.9 Å². The van der Waals surface area contributed by atoms with Gasteiger partial charge in [0.25, 0.3) is 0 Å². The minimum atomic E-state index is -0.0692. The Bertz CT molecular complexity index is 907. The largest absolute Gasteiger partial charge is 0.491 e. The van der Waals surface area contributed by atoms with Crippen molar-refractivity contribution in [2.24, 2.45) is 5.92 Å². The van der Waals surface area contributed by atoms with Gasteiger partial charge in [0, 0.05) is 40.9 Å². The van der Waals surface area contributed by atoms with E-state index in [4.69, 9.17) is 9.47 Å². The molecule has 7 heteroatoms. The number of nitrogens with zero attached hydrogens (tertiary/aromatic N) is 2. The molecular formula is C24H32N4O3. The first-order valence-corrected chi connectivity index (χ1v) is 11.3. The summed E-state index contributed by atoms with van der Waals surface area (Å²) in [6, 6.07) is 6.17. The molecule has 2 N–H and O–H groups in total. The molecule has 2 fully saturated rings. The number of carbonyl (C=O) groups is 1. The number of hydrogen-bond acceptors (Lipinski definition) is 6. The quantitative estimate of drug-likeness (QED) is 0.673. The highest BCUT2D eigenvalue weighted by molar-refractivity contribution is 5.95. The lowest BCUT2D eigenvalue weighted by atomic mass is 10.0. The van der Waals surface area contributed by atoms with E-state index in [9.17, 15) is 4.79 Å². The fourth-order valence-corrected chi connectivity index (χ4v) is 4.25. The average Bonchev–Trinajstić information content (AvgIpc) is 3.53. The van der Waals surface area contributed by atoms with Crippen molar-refractivity contribution in [3.05, 3.63) is 35.9 Å². The van der Waals surface area contributed by atoms with Crippen LogP contribution in [0.2, 0.25) is 0 Å². The Morgan fingerprint density at radius 1 is 1.23 bits per heavy atom. The topological polar surface area (TPSA) is 85.4 Å². The number of hydrogen-bond donors (Lipinski definition) is 2. The number of piperidine rings is 1. The van der Waals surface area contributed by atoms with Gasteiger partial charge in [-0.25, -0.2) is 9.97 Å². The second-order valence-corrected chi connectivity index (χ2v) is 8.41. The number of rotatable bonds is 8. The summed E-state index contributed by atoms with van der Waals surface area (Å²) in [6.45, 7) is 8.18. The normalized spacial score (nSPS) is 22.7. The van der Waals surface area contributed by atoms with Gasteiger partial charge in [-0.1, -0.05) is 6.42 Å². The van der Waals surface area contributed by atoms with Gasteiger partial charge in [0.05, 0.1) is 12.0 Å². The van der Waals surface area contributed by atoms with Crippen LogP contribution in [0.5, 0.6) is 5.75 Å². The van der Waals surface area contributed by atoms with Crippen LogP contribution in [0, 0.1) is 19.8 Å². The average molecular weight is 425 g/mol. The van der Waals surface area contributed by atoms with Gasteiger partial charge in [0.2, 0.25) is 5.91 Å². The molecule has 2 heterocycles. The summed E-state index contributed by atoms with van der Waals surface area (Å²) in [4.78, 5) is 21.4. The predicted octanol–water partition coefficient (Wildman–Crippen LogP) is 3.64. The molecular weight excluding hydrogens is 392 g/mol. The van der Waals surface area contributed by atoms with Crippen LogP contribution in [0.4, 0.5) is 5.69 Å². The van der Waals surface area contributed by atoms with Crippen molar-refractivity contribution in [1.29, 1.82) is 0 Å². The van der Waals surface area contributed by atoms with Crippen LogP contribution in [0.3, 0.4) is 0 Å². The second-order valence-electron chi connectivity index (χ2n) is 8.41. The standard InChI is InChI=1S/C24H32N4O3/c1-4-30-22-12-20(22)24(29)28-17-8-9-21(31-13-18-7-5-6-10-25-18)19(11-17)23-15(2)26-14-27-16(23)3/h8-9,11,14,18,20,22,25H,4-7,10,12-13H2,1-3H3,(H,28,29)/t18-,20?,22?/m1/s1. The maximum atomic E-state index is 12.6. The van der Waals surface area contributed by atoms with Crippen molar-refractivity contribution >= 4 is 11.6 Å². The molecule has 31 heavy (non-hydrogen) atoms. The highest BCUT2D eigenvalue weighted by Gasteiger charge is 2.44. The first kappa shape index (κ1) is 21.7. The summed E-state index contributed by atoms with van der Waals surface area (Å²) in [5.41, 5.74) is 4.36. The number of aromatic nitrogens is 2. The van der Waals surface area contributed by atoms with Crippen LogP contribution in [-0.4, -0.2) is 47.8 Å². The Hall–Kier alpha value is -2.51. The molecule has 1 aliphatic carbocycles. The van der Waals surface area contributed by atoms with Gasteiger partial charge in [-0.15, -0.1) is 0 Å². The Labute approximate surface area is 184 Å². The summed E-state index contributed by atoms with van der Waals surface area (Å²) >= 11 is 0. The number of nitrogens with one attached hydrogen (secondary N) is 2. The van der Waals surface area contributed by atoms with Crippen LogP contribution in [-0.2, 0) is 9.53 Å². The summed E-state index contributed by atoms with van der Waals surface area (Å²) in [6.07, 6.45) is 5.98. The summed E-state index contributed by atoms with van der Waals surface area (Å²) in [7, 11) is 0. The molecule has 1 aliphatic heterocycles. The van der Waals surface area contributed by atoms with Gasteiger partial charge in [0.1, 0.15) is 18.7 Å². The lowest BCUT2D eigenvalue weighted by Gasteiger charge is -2.24. The Morgan fingerprint density at radius 2 is 2.03 bits per heavy atom.